The Morgan fingerprint density at radius 1 is 1.56 bits per heavy atom. The highest BCUT2D eigenvalue weighted by Crippen LogP contribution is 2.24. The first-order valence-electron chi connectivity index (χ1n) is 4.60. The monoisotopic (exact) mass is 224 g/mol. The number of likely N-dealkylation sites (N-methyl/N-ethyl adjacent to an activating group) is 1. The molecule has 0 saturated carbocycles. The number of carbonyl (C=O) groups excluding carboxylic acids is 1. The lowest BCUT2D eigenvalue weighted by Gasteiger charge is -2.04. The third-order valence-electron chi connectivity index (χ3n) is 2.04. The van der Waals surface area contributed by atoms with Crippen molar-refractivity contribution < 1.29 is 14.5 Å². The Labute approximate surface area is 92.4 Å². The lowest BCUT2D eigenvalue weighted by Crippen LogP contribution is -2.19. The Morgan fingerprint density at radius 3 is 2.75 bits per heavy atom. The molecule has 6 nitrogen and oxygen atoms in total. The number of nitrogens with zero attached hydrogens (tertiary/aromatic N) is 1. The van der Waals surface area contributed by atoms with E-state index < -0.39 is 4.92 Å². The molecule has 0 atom stereocenters. The molecule has 0 heterocycles. The van der Waals surface area contributed by atoms with Crippen LogP contribution in [0.3, 0.4) is 0 Å². The van der Waals surface area contributed by atoms with Crippen molar-refractivity contribution in [2.45, 2.75) is 0 Å². The van der Waals surface area contributed by atoms with E-state index in [0.29, 0.717) is 5.75 Å². The fourth-order valence-electron chi connectivity index (χ4n) is 1.28. The van der Waals surface area contributed by atoms with Gasteiger partial charge in [0.2, 0.25) is 0 Å². The van der Waals surface area contributed by atoms with Crippen LogP contribution >= 0.6 is 0 Å². The highest BCUT2D eigenvalue weighted by molar-refractivity contribution is 6.01. The molecule has 6 heteroatoms. The number of methoxy groups -OCH3 is 1. The van der Waals surface area contributed by atoms with Crippen LogP contribution in [0.5, 0.6) is 5.75 Å². The minimum Gasteiger partial charge on any atom is -0.497 e. The molecule has 0 aromatic heterocycles. The molecule has 0 amide bonds. The Hall–Kier alpha value is -1.95. The van der Waals surface area contributed by atoms with Crippen LogP contribution < -0.4 is 10.1 Å². The maximum atomic E-state index is 11.6. The Kier molecular flexibility index (Phi) is 3.96. The van der Waals surface area contributed by atoms with E-state index in [-0.39, 0.29) is 23.6 Å². The zero-order valence-corrected chi connectivity index (χ0v) is 9.02. The predicted molar refractivity (Wildman–Crippen MR) is 57.9 cm³/mol. The molecular formula is C10H12N2O4. The number of ether oxygens (including phenoxy) is 1. The van der Waals surface area contributed by atoms with Crippen molar-refractivity contribution in [3.63, 3.8) is 0 Å². The van der Waals surface area contributed by atoms with Gasteiger partial charge in [0.25, 0.3) is 5.69 Å². The lowest BCUT2D eigenvalue weighted by molar-refractivity contribution is -0.385. The standard InChI is InChI=1S/C10H12N2O4/c1-11-6-10(13)8-5-7(16-2)3-4-9(8)12(14)15/h3-5,11H,6H2,1-2H3. The summed E-state index contributed by atoms with van der Waals surface area (Å²) in [6.07, 6.45) is 0. The zero-order valence-electron chi connectivity index (χ0n) is 9.02. The maximum Gasteiger partial charge on any atom is 0.280 e. The number of nitrogens with one attached hydrogen (secondary N) is 1. The maximum absolute atomic E-state index is 11.6. The summed E-state index contributed by atoms with van der Waals surface area (Å²) in [4.78, 5) is 21.8. The fraction of sp³-hybridized carbons (Fsp3) is 0.300. The number of carbonyl (C=O) groups is 1. The van der Waals surface area contributed by atoms with E-state index in [2.05, 4.69) is 5.32 Å². The molecule has 86 valence electrons. The second-order valence-corrected chi connectivity index (χ2v) is 3.09. The van der Waals surface area contributed by atoms with Gasteiger partial charge in [0, 0.05) is 6.07 Å². The molecule has 0 unspecified atom stereocenters. The van der Waals surface area contributed by atoms with Gasteiger partial charge in [-0.3, -0.25) is 14.9 Å². The summed E-state index contributed by atoms with van der Waals surface area (Å²) in [6, 6.07) is 4.09. The molecule has 1 aromatic rings. The Balaban J connectivity index is 3.20. The van der Waals surface area contributed by atoms with Crippen molar-refractivity contribution in [1.82, 2.24) is 5.32 Å². The van der Waals surface area contributed by atoms with E-state index >= 15 is 0 Å². The average molecular weight is 224 g/mol. The number of ketones is 1. The molecule has 1 aromatic carbocycles. The minimum atomic E-state index is -0.581. The normalized spacial score (nSPS) is 9.88. The molecule has 0 spiro atoms. The number of nitro benzene ring substituents is 1. The van der Waals surface area contributed by atoms with Gasteiger partial charge < -0.3 is 10.1 Å². The van der Waals surface area contributed by atoms with Crippen LogP contribution in [0, 0.1) is 10.1 Å². The first-order valence-corrected chi connectivity index (χ1v) is 4.60. The number of hydrogen-bond acceptors (Lipinski definition) is 5. The molecule has 16 heavy (non-hydrogen) atoms. The number of nitro groups is 1. The number of rotatable bonds is 5. The highest BCUT2D eigenvalue weighted by atomic mass is 16.6. The van der Waals surface area contributed by atoms with Crippen LogP contribution in [0.15, 0.2) is 18.2 Å². The van der Waals surface area contributed by atoms with E-state index in [0.717, 1.165) is 0 Å². The van der Waals surface area contributed by atoms with Gasteiger partial charge in [0.1, 0.15) is 11.3 Å². The molecule has 0 bridgehead atoms. The SMILES string of the molecule is CNCC(=O)c1cc(OC)ccc1[N+](=O)[O-]. The minimum absolute atomic E-state index is 0.0496. The largest absolute Gasteiger partial charge is 0.497 e. The van der Waals surface area contributed by atoms with Gasteiger partial charge in [-0.2, -0.15) is 0 Å². The van der Waals surface area contributed by atoms with E-state index in [1.165, 1.54) is 25.3 Å². The van der Waals surface area contributed by atoms with E-state index in [4.69, 9.17) is 4.74 Å². The van der Waals surface area contributed by atoms with Crippen molar-refractivity contribution in [2.24, 2.45) is 0 Å². The summed E-state index contributed by atoms with van der Waals surface area (Å²) in [6.45, 7) is 0.0496. The summed E-state index contributed by atoms with van der Waals surface area (Å²) < 4.78 is 4.92. The molecular weight excluding hydrogens is 212 g/mol. The molecule has 0 aliphatic rings. The fourth-order valence-corrected chi connectivity index (χ4v) is 1.28. The van der Waals surface area contributed by atoms with Crippen molar-refractivity contribution in [2.75, 3.05) is 20.7 Å². The van der Waals surface area contributed by atoms with Crippen molar-refractivity contribution >= 4 is 11.5 Å². The van der Waals surface area contributed by atoms with E-state index in [1.54, 1.807) is 7.05 Å². The molecule has 0 aliphatic carbocycles. The quantitative estimate of drug-likeness (QED) is 0.458. The van der Waals surface area contributed by atoms with Crippen LogP contribution in [0.25, 0.3) is 0 Å². The average Bonchev–Trinajstić information content (AvgIpc) is 2.28. The summed E-state index contributed by atoms with van der Waals surface area (Å²) in [5, 5.41) is 13.4. The van der Waals surface area contributed by atoms with Crippen LogP contribution in [-0.4, -0.2) is 31.4 Å². The van der Waals surface area contributed by atoms with Gasteiger partial charge >= 0.3 is 0 Å². The first-order chi connectivity index (χ1) is 7.60. The molecule has 0 fully saturated rings. The van der Waals surface area contributed by atoms with Gasteiger partial charge in [-0.25, -0.2) is 0 Å². The smallest absolute Gasteiger partial charge is 0.280 e. The summed E-state index contributed by atoms with van der Waals surface area (Å²) in [7, 11) is 3.04. The van der Waals surface area contributed by atoms with Crippen LogP contribution in [0.2, 0.25) is 0 Å². The number of hydrogen-bond donors (Lipinski definition) is 1. The van der Waals surface area contributed by atoms with Crippen molar-refractivity contribution in [1.29, 1.82) is 0 Å². The van der Waals surface area contributed by atoms with Crippen molar-refractivity contribution in [3.8, 4) is 5.75 Å². The Morgan fingerprint density at radius 2 is 2.25 bits per heavy atom. The van der Waals surface area contributed by atoms with Crippen LogP contribution in [-0.2, 0) is 0 Å². The van der Waals surface area contributed by atoms with Crippen LogP contribution in [0.4, 0.5) is 5.69 Å². The highest BCUT2D eigenvalue weighted by Gasteiger charge is 2.20. The molecule has 0 radical (unpaired) electrons. The van der Waals surface area contributed by atoms with Gasteiger partial charge in [-0.15, -0.1) is 0 Å². The van der Waals surface area contributed by atoms with Crippen molar-refractivity contribution in [3.05, 3.63) is 33.9 Å². The third-order valence-corrected chi connectivity index (χ3v) is 2.04. The lowest BCUT2D eigenvalue weighted by atomic mass is 10.1. The second-order valence-electron chi connectivity index (χ2n) is 3.09. The van der Waals surface area contributed by atoms with Gasteiger partial charge in [0.15, 0.2) is 5.78 Å². The van der Waals surface area contributed by atoms with Gasteiger partial charge in [-0.1, -0.05) is 0 Å². The molecule has 0 saturated heterocycles. The third kappa shape index (κ3) is 2.54. The molecule has 0 aliphatic heterocycles. The first kappa shape index (κ1) is 12.1. The second kappa shape index (κ2) is 5.22. The van der Waals surface area contributed by atoms with E-state index in [1.807, 2.05) is 0 Å². The summed E-state index contributed by atoms with van der Waals surface area (Å²) in [5.74, 6) is 0.0816. The zero-order chi connectivity index (χ0) is 12.1. The molecule has 1 N–H and O–H groups in total. The molecule has 1 rings (SSSR count). The number of Topliss-reactive ketones (excluding diaryl/α,β-unsaturated/α-hetero) is 1. The summed E-state index contributed by atoms with van der Waals surface area (Å²) in [5.41, 5.74) is -0.153. The van der Waals surface area contributed by atoms with Gasteiger partial charge in [0.05, 0.1) is 18.6 Å². The van der Waals surface area contributed by atoms with Crippen LogP contribution in [0.1, 0.15) is 10.4 Å². The van der Waals surface area contributed by atoms with E-state index in [9.17, 15) is 14.9 Å². The number of benzene rings is 1. The Bertz CT molecular complexity index is 417. The topological polar surface area (TPSA) is 81.5 Å². The summed E-state index contributed by atoms with van der Waals surface area (Å²) >= 11 is 0. The van der Waals surface area contributed by atoms with Gasteiger partial charge in [-0.05, 0) is 19.2 Å². The predicted octanol–water partition coefficient (Wildman–Crippen LogP) is 1.01.